The Morgan fingerprint density at radius 3 is 2.67 bits per heavy atom. The first kappa shape index (κ1) is 15.7. The molecule has 2 aromatic rings. The second-order valence-electron chi connectivity index (χ2n) is 3.82. The lowest BCUT2D eigenvalue weighted by Crippen LogP contribution is -2.13. The quantitative estimate of drug-likeness (QED) is 0.903. The van der Waals surface area contributed by atoms with Crippen molar-refractivity contribution in [2.24, 2.45) is 5.73 Å². The van der Waals surface area contributed by atoms with Crippen LogP contribution in [-0.4, -0.2) is 15.9 Å². The van der Waals surface area contributed by atoms with Gasteiger partial charge in [-0.3, -0.25) is 4.79 Å². The molecule has 0 aliphatic heterocycles. The maximum atomic E-state index is 12.7. The fraction of sp³-hybridized carbons (Fsp3) is 0.182. The van der Waals surface area contributed by atoms with E-state index in [1.54, 1.807) is 0 Å². The van der Waals surface area contributed by atoms with Crippen molar-refractivity contribution in [3.8, 4) is 0 Å². The summed E-state index contributed by atoms with van der Waals surface area (Å²) in [7, 11) is 0. The van der Waals surface area contributed by atoms with E-state index >= 15 is 0 Å². The minimum atomic E-state index is -4.63. The second-order valence-corrected chi connectivity index (χ2v) is 5.35. The van der Waals surface area contributed by atoms with Crippen molar-refractivity contribution in [2.75, 3.05) is 5.32 Å². The van der Waals surface area contributed by atoms with Gasteiger partial charge in [-0.25, -0.2) is 9.97 Å². The molecule has 0 saturated carbocycles. The number of aromatic nitrogens is 2. The van der Waals surface area contributed by atoms with Crippen molar-refractivity contribution in [3.63, 3.8) is 0 Å². The number of nitrogens with two attached hydrogens (primary N) is 1. The molecule has 0 atom stereocenters. The summed E-state index contributed by atoms with van der Waals surface area (Å²) in [5.41, 5.74) is 4.30. The van der Waals surface area contributed by atoms with Crippen LogP contribution in [0.4, 0.5) is 19.0 Å². The summed E-state index contributed by atoms with van der Waals surface area (Å²) in [5.74, 6) is -0.866. The molecule has 0 aliphatic rings. The highest BCUT2D eigenvalue weighted by Crippen LogP contribution is 2.35. The number of hydrogen-bond donors (Lipinski definition) is 2. The molecule has 0 aliphatic carbocycles. The summed E-state index contributed by atoms with van der Waals surface area (Å²) in [4.78, 5) is 19.6. The third-order valence-corrected chi connectivity index (χ3v) is 3.67. The smallest absolute Gasteiger partial charge is 0.325 e. The first-order valence-electron chi connectivity index (χ1n) is 5.50. The second kappa shape index (κ2) is 5.96. The Labute approximate surface area is 126 Å². The van der Waals surface area contributed by atoms with Crippen molar-refractivity contribution in [3.05, 3.63) is 38.9 Å². The summed E-state index contributed by atoms with van der Waals surface area (Å²) < 4.78 is 38.1. The lowest BCUT2D eigenvalue weighted by Gasteiger charge is -2.10. The molecule has 2 rings (SSSR count). The van der Waals surface area contributed by atoms with Crippen LogP contribution in [-0.2, 0) is 12.7 Å². The molecule has 0 aromatic carbocycles. The first-order chi connectivity index (χ1) is 9.81. The highest BCUT2D eigenvalue weighted by Gasteiger charge is 2.34. The largest absolute Gasteiger partial charge is 0.418 e. The van der Waals surface area contributed by atoms with Gasteiger partial charge in [-0.05, 0) is 6.07 Å². The number of halogens is 4. The van der Waals surface area contributed by atoms with E-state index in [4.69, 9.17) is 17.3 Å². The molecule has 5 nitrogen and oxygen atoms in total. The highest BCUT2D eigenvalue weighted by atomic mass is 35.5. The molecule has 10 heteroatoms. The van der Waals surface area contributed by atoms with E-state index in [2.05, 4.69) is 15.3 Å². The van der Waals surface area contributed by atoms with Crippen LogP contribution >= 0.6 is 22.9 Å². The third kappa shape index (κ3) is 3.69. The van der Waals surface area contributed by atoms with E-state index in [9.17, 15) is 18.0 Å². The number of thiazole rings is 1. The number of anilines is 1. The average Bonchev–Trinajstić information content (AvgIpc) is 2.88. The summed E-state index contributed by atoms with van der Waals surface area (Å²) in [6, 6.07) is 0.672. The molecular weight excluding hydrogens is 329 g/mol. The predicted molar refractivity (Wildman–Crippen MR) is 72.2 cm³/mol. The average molecular weight is 337 g/mol. The maximum absolute atomic E-state index is 12.7. The predicted octanol–water partition coefficient (Wildman–Crippen LogP) is 2.92. The summed E-state index contributed by atoms with van der Waals surface area (Å²) in [5, 5.41) is 2.26. The molecule has 0 unspecified atom stereocenters. The van der Waals surface area contributed by atoms with E-state index in [1.165, 1.54) is 6.20 Å². The summed E-state index contributed by atoms with van der Waals surface area (Å²) >= 11 is 6.49. The molecule has 0 spiro atoms. The molecule has 2 heterocycles. The minimum absolute atomic E-state index is 0.176. The normalized spacial score (nSPS) is 11.5. The Balaban J connectivity index is 2.21. The molecule has 0 saturated heterocycles. The van der Waals surface area contributed by atoms with Crippen LogP contribution < -0.4 is 11.1 Å². The zero-order valence-corrected chi connectivity index (χ0v) is 11.8. The van der Waals surface area contributed by atoms with Crippen LogP contribution in [0.25, 0.3) is 0 Å². The number of amides is 1. The van der Waals surface area contributed by atoms with Gasteiger partial charge in [-0.1, -0.05) is 11.6 Å². The molecule has 1 amide bonds. The fourth-order valence-corrected chi connectivity index (χ4v) is 2.31. The molecule has 0 bridgehead atoms. The Bertz CT molecular complexity index is 674. The molecule has 0 radical (unpaired) electrons. The van der Waals surface area contributed by atoms with Gasteiger partial charge in [-0.2, -0.15) is 13.2 Å². The number of nitrogens with zero attached hydrogens (tertiary/aromatic N) is 2. The lowest BCUT2D eigenvalue weighted by molar-refractivity contribution is -0.137. The van der Waals surface area contributed by atoms with Gasteiger partial charge < -0.3 is 11.1 Å². The van der Waals surface area contributed by atoms with E-state index in [1.807, 2.05) is 0 Å². The van der Waals surface area contributed by atoms with Crippen LogP contribution in [0.2, 0.25) is 5.02 Å². The van der Waals surface area contributed by atoms with E-state index < -0.39 is 22.7 Å². The Kier molecular flexibility index (Phi) is 4.45. The third-order valence-electron chi connectivity index (χ3n) is 2.35. The number of carbonyl (C=O) groups is 1. The van der Waals surface area contributed by atoms with Gasteiger partial charge in [0.25, 0.3) is 5.91 Å². The molecule has 0 fully saturated rings. The lowest BCUT2D eigenvalue weighted by atomic mass is 10.2. The number of hydrogen-bond acceptors (Lipinski definition) is 5. The van der Waals surface area contributed by atoms with Crippen molar-refractivity contribution in [1.29, 1.82) is 0 Å². The Morgan fingerprint density at radius 1 is 1.38 bits per heavy atom. The number of pyridine rings is 1. The van der Waals surface area contributed by atoms with E-state index in [-0.39, 0.29) is 17.2 Å². The van der Waals surface area contributed by atoms with Gasteiger partial charge in [0.15, 0.2) is 0 Å². The minimum Gasteiger partial charge on any atom is -0.325 e. The first-order valence-corrected chi connectivity index (χ1v) is 6.69. The van der Waals surface area contributed by atoms with Gasteiger partial charge in [0.2, 0.25) is 0 Å². The van der Waals surface area contributed by atoms with Crippen molar-refractivity contribution in [1.82, 2.24) is 9.97 Å². The fourth-order valence-electron chi connectivity index (χ4n) is 1.41. The van der Waals surface area contributed by atoms with Crippen LogP contribution in [0.1, 0.15) is 20.2 Å². The van der Waals surface area contributed by atoms with Gasteiger partial charge in [0.1, 0.15) is 15.7 Å². The van der Waals surface area contributed by atoms with Crippen molar-refractivity contribution < 1.29 is 18.0 Å². The SMILES string of the molecule is NCc1ncc(C(=O)Nc2cc(C(F)(F)F)c(Cl)cn2)s1. The summed E-state index contributed by atoms with van der Waals surface area (Å²) in [6.07, 6.45) is -2.50. The standard InChI is InChI=1S/C11H8ClF3N4OS/c12-6-3-17-8(1-5(6)11(13,14)15)19-10(20)7-4-18-9(2-16)21-7/h1,3-4H,2,16H2,(H,17,19,20). The molecule has 21 heavy (non-hydrogen) atoms. The number of nitrogens with one attached hydrogen (secondary N) is 1. The Morgan fingerprint density at radius 2 is 2.10 bits per heavy atom. The number of alkyl halides is 3. The van der Waals surface area contributed by atoms with Crippen LogP contribution in [0, 0.1) is 0 Å². The molecule has 3 N–H and O–H groups in total. The highest BCUT2D eigenvalue weighted by molar-refractivity contribution is 7.13. The van der Waals surface area contributed by atoms with Crippen LogP contribution in [0.5, 0.6) is 0 Å². The number of rotatable bonds is 3. The van der Waals surface area contributed by atoms with Crippen LogP contribution in [0.15, 0.2) is 18.5 Å². The van der Waals surface area contributed by atoms with Crippen molar-refractivity contribution in [2.45, 2.75) is 12.7 Å². The topological polar surface area (TPSA) is 80.9 Å². The van der Waals surface area contributed by atoms with E-state index in [0.717, 1.165) is 17.5 Å². The molecular formula is C11H8ClF3N4OS. The van der Waals surface area contributed by atoms with Gasteiger partial charge in [-0.15, -0.1) is 11.3 Å². The zero-order valence-electron chi connectivity index (χ0n) is 10.2. The van der Waals surface area contributed by atoms with Gasteiger partial charge >= 0.3 is 6.18 Å². The zero-order chi connectivity index (χ0) is 15.6. The molecule has 2 aromatic heterocycles. The van der Waals surface area contributed by atoms with Gasteiger partial charge in [0.05, 0.1) is 16.8 Å². The molecule has 112 valence electrons. The van der Waals surface area contributed by atoms with E-state index in [0.29, 0.717) is 11.1 Å². The summed E-state index contributed by atoms with van der Waals surface area (Å²) in [6.45, 7) is 0.176. The monoisotopic (exact) mass is 336 g/mol. The Hall–Kier alpha value is -1.71. The van der Waals surface area contributed by atoms with Crippen LogP contribution in [0.3, 0.4) is 0 Å². The number of carbonyl (C=O) groups excluding carboxylic acids is 1. The van der Waals surface area contributed by atoms with Gasteiger partial charge in [0, 0.05) is 12.7 Å². The van der Waals surface area contributed by atoms with Crippen molar-refractivity contribution >= 4 is 34.7 Å². The maximum Gasteiger partial charge on any atom is 0.418 e.